The highest BCUT2D eigenvalue weighted by Crippen LogP contribution is 2.25. The smallest absolute Gasteiger partial charge is 0.335 e. The number of rotatable bonds is 6. The molecule has 0 bridgehead atoms. The van der Waals surface area contributed by atoms with Crippen molar-refractivity contribution in [2.75, 3.05) is 11.9 Å². The normalized spacial score (nSPS) is 11.0. The lowest BCUT2D eigenvalue weighted by atomic mass is 10.1. The van der Waals surface area contributed by atoms with Gasteiger partial charge in [0, 0.05) is 33.6 Å². The van der Waals surface area contributed by atoms with Gasteiger partial charge in [-0.05, 0) is 36.8 Å². The molecule has 4 aromatic rings. The van der Waals surface area contributed by atoms with Crippen LogP contribution >= 0.6 is 15.9 Å². The fourth-order valence-electron chi connectivity index (χ4n) is 3.13. The number of hydrogen-bond acceptors (Lipinski definition) is 4. The number of halogens is 3. The number of carbonyl (C=O) groups is 1. The van der Waals surface area contributed by atoms with E-state index in [1.54, 1.807) is 18.2 Å². The van der Waals surface area contributed by atoms with Gasteiger partial charge >= 0.3 is 5.97 Å². The Kier molecular flexibility index (Phi) is 5.45. The largest absolute Gasteiger partial charge is 0.478 e. The fourth-order valence-corrected chi connectivity index (χ4v) is 3.53. The Morgan fingerprint density at radius 3 is 2.60 bits per heavy atom. The van der Waals surface area contributed by atoms with E-state index < -0.39 is 17.6 Å². The van der Waals surface area contributed by atoms with Gasteiger partial charge in [-0.3, -0.25) is 0 Å². The van der Waals surface area contributed by atoms with Crippen LogP contribution in [0.4, 0.5) is 14.6 Å². The van der Waals surface area contributed by atoms with E-state index in [2.05, 4.69) is 36.2 Å². The second kappa shape index (κ2) is 8.19. The second-order valence-corrected chi connectivity index (χ2v) is 7.52. The molecule has 30 heavy (non-hydrogen) atoms. The van der Waals surface area contributed by atoms with Gasteiger partial charge in [0.2, 0.25) is 0 Å². The molecular weight excluding hydrogens is 458 g/mol. The number of anilines is 1. The average Bonchev–Trinajstić information content (AvgIpc) is 3.13. The summed E-state index contributed by atoms with van der Waals surface area (Å²) in [5, 5.41) is 13.0. The minimum absolute atomic E-state index is 0.00447. The second-order valence-electron chi connectivity index (χ2n) is 6.60. The number of aromatic carboxylic acids is 1. The summed E-state index contributed by atoms with van der Waals surface area (Å²) in [5.41, 5.74) is 2.17. The quantitative estimate of drug-likeness (QED) is 0.366. The molecule has 4 rings (SSSR count). The Bertz CT molecular complexity index is 1240. The van der Waals surface area contributed by atoms with Crippen molar-refractivity contribution in [1.29, 1.82) is 0 Å². The molecule has 0 saturated carbocycles. The van der Waals surface area contributed by atoms with Crippen LogP contribution in [-0.2, 0) is 6.42 Å². The van der Waals surface area contributed by atoms with Crippen molar-refractivity contribution in [3.8, 4) is 11.4 Å². The van der Waals surface area contributed by atoms with Crippen LogP contribution in [0.5, 0.6) is 0 Å². The van der Waals surface area contributed by atoms with E-state index in [4.69, 9.17) is 5.11 Å². The summed E-state index contributed by atoms with van der Waals surface area (Å²) in [7, 11) is 0. The molecule has 0 aliphatic heterocycles. The molecule has 3 N–H and O–H groups in total. The predicted molar refractivity (Wildman–Crippen MR) is 113 cm³/mol. The van der Waals surface area contributed by atoms with Crippen LogP contribution in [0, 0.1) is 11.6 Å². The molecule has 6 nitrogen and oxygen atoms in total. The maximum atomic E-state index is 13.9. The van der Waals surface area contributed by atoms with Crippen molar-refractivity contribution >= 4 is 38.6 Å². The van der Waals surface area contributed by atoms with Crippen molar-refractivity contribution in [3.63, 3.8) is 0 Å². The van der Waals surface area contributed by atoms with E-state index in [1.807, 2.05) is 6.07 Å². The lowest BCUT2D eigenvalue weighted by molar-refractivity contribution is 0.0697. The van der Waals surface area contributed by atoms with Crippen molar-refractivity contribution in [1.82, 2.24) is 15.0 Å². The van der Waals surface area contributed by atoms with E-state index >= 15 is 0 Å². The number of benzene rings is 2. The zero-order chi connectivity index (χ0) is 21.3. The van der Waals surface area contributed by atoms with Crippen LogP contribution in [0.3, 0.4) is 0 Å². The molecule has 2 heterocycles. The molecule has 0 aliphatic carbocycles. The number of carboxylic acids is 1. The topological polar surface area (TPSA) is 90.9 Å². The molecule has 0 amide bonds. The molecule has 2 aromatic heterocycles. The van der Waals surface area contributed by atoms with E-state index in [1.165, 1.54) is 24.5 Å². The molecule has 9 heteroatoms. The average molecular weight is 473 g/mol. The molecule has 0 unspecified atom stereocenters. The minimum atomic E-state index is -1.000. The van der Waals surface area contributed by atoms with E-state index in [-0.39, 0.29) is 24.1 Å². The number of fused-ring (bicyclic) bond motifs is 1. The van der Waals surface area contributed by atoms with E-state index in [9.17, 15) is 13.6 Å². The minimum Gasteiger partial charge on any atom is -0.478 e. The first-order chi connectivity index (χ1) is 14.4. The molecule has 0 radical (unpaired) electrons. The number of aromatic nitrogens is 3. The van der Waals surface area contributed by atoms with Crippen LogP contribution in [0.15, 0.2) is 53.3 Å². The Morgan fingerprint density at radius 2 is 1.87 bits per heavy atom. The Balaban J connectivity index is 1.50. The summed E-state index contributed by atoms with van der Waals surface area (Å²) in [5.74, 6) is -1.71. The molecule has 0 fully saturated rings. The van der Waals surface area contributed by atoms with Crippen molar-refractivity contribution < 1.29 is 18.7 Å². The van der Waals surface area contributed by atoms with Gasteiger partial charge in [0.15, 0.2) is 0 Å². The first-order valence-electron chi connectivity index (χ1n) is 8.96. The highest BCUT2D eigenvalue weighted by molar-refractivity contribution is 9.10. The van der Waals surface area contributed by atoms with Crippen LogP contribution in [0.25, 0.3) is 22.3 Å². The molecular formula is C21H15BrF2N4O2. The third-order valence-corrected chi connectivity index (χ3v) is 5.06. The summed E-state index contributed by atoms with van der Waals surface area (Å²) < 4.78 is 28.2. The summed E-state index contributed by atoms with van der Waals surface area (Å²) in [4.78, 5) is 22.7. The number of aromatic amines is 1. The Hall–Kier alpha value is -3.33. The molecule has 0 aliphatic rings. The van der Waals surface area contributed by atoms with Crippen LogP contribution < -0.4 is 5.32 Å². The Labute approximate surface area is 178 Å². The van der Waals surface area contributed by atoms with Gasteiger partial charge in [-0.25, -0.2) is 23.5 Å². The van der Waals surface area contributed by atoms with Gasteiger partial charge in [-0.2, -0.15) is 0 Å². The first kappa shape index (κ1) is 20.0. The molecule has 0 saturated heterocycles. The number of nitrogens with zero attached hydrogens (tertiary/aromatic N) is 2. The standard InChI is InChI=1S/C21H15BrF2N4O2/c22-13-7-15(23)14(16(24)8-13)3-4-25-20-9-18(26-10-27-20)19-5-11-1-2-12(21(29)30)6-17(11)28-19/h1-2,5-10,28H,3-4H2,(H,29,30)(H,25,26,27). The lowest BCUT2D eigenvalue weighted by Crippen LogP contribution is -2.09. The molecule has 2 aromatic carbocycles. The predicted octanol–water partition coefficient (Wildman–Crippen LogP) is 5.02. The summed E-state index contributed by atoms with van der Waals surface area (Å²) in [6.45, 7) is 0.278. The highest BCUT2D eigenvalue weighted by Gasteiger charge is 2.12. The van der Waals surface area contributed by atoms with Gasteiger partial charge < -0.3 is 15.4 Å². The van der Waals surface area contributed by atoms with Crippen molar-refractivity contribution in [2.24, 2.45) is 0 Å². The third-order valence-electron chi connectivity index (χ3n) is 4.60. The van der Waals surface area contributed by atoms with Crippen LogP contribution in [-0.4, -0.2) is 32.6 Å². The monoisotopic (exact) mass is 472 g/mol. The fraction of sp³-hybridized carbons (Fsp3) is 0.0952. The zero-order valence-corrected chi connectivity index (χ0v) is 17.0. The molecule has 152 valence electrons. The zero-order valence-electron chi connectivity index (χ0n) is 15.4. The Morgan fingerprint density at radius 1 is 1.10 bits per heavy atom. The summed E-state index contributed by atoms with van der Waals surface area (Å²) >= 11 is 3.06. The molecule has 0 spiro atoms. The number of hydrogen-bond donors (Lipinski definition) is 3. The summed E-state index contributed by atoms with van der Waals surface area (Å²) in [6, 6.07) is 10.8. The number of H-pyrrole nitrogens is 1. The number of nitrogens with one attached hydrogen (secondary N) is 2. The van der Waals surface area contributed by atoms with Crippen LogP contribution in [0.2, 0.25) is 0 Å². The van der Waals surface area contributed by atoms with E-state index in [0.29, 0.717) is 27.2 Å². The molecule has 0 atom stereocenters. The highest BCUT2D eigenvalue weighted by atomic mass is 79.9. The van der Waals surface area contributed by atoms with Gasteiger partial charge in [0.05, 0.1) is 17.0 Å². The third kappa shape index (κ3) is 4.16. The maximum absolute atomic E-state index is 13.9. The van der Waals surface area contributed by atoms with E-state index in [0.717, 1.165) is 5.39 Å². The van der Waals surface area contributed by atoms with Gasteiger partial charge in [-0.15, -0.1) is 0 Å². The van der Waals surface area contributed by atoms with Crippen molar-refractivity contribution in [3.05, 3.63) is 76.0 Å². The number of carboxylic acid groups (broad SMARTS) is 1. The van der Waals surface area contributed by atoms with Crippen LogP contribution in [0.1, 0.15) is 15.9 Å². The summed E-state index contributed by atoms with van der Waals surface area (Å²) in [6.07, 6.45) is 1.53. The van der Waals surface area contributed by atoms with Gasteiger partial charge in [-0.1, -0.05) is 22.0 Å². The van der Waals surface area contributed by atoms with Gasteiger partial charge in [0.1, 0.15) is 23.8 Å². The van der Waals surface area contributed by atoms with Crippen molar-refractivity contribution in [2.45, 2.75) is 6.42 Å². The SMILES string of the molecule is O=C(O)c1ccc2cc(-c3cc(NCCc4c(F)cc(Br)cc4F)ncn3)[nH]c2c1. The maximum Gasteiger partial charge on any atom is 0.335 e. The van der Waals surface area contributed by atoms with Gasteiger partial charge in [0.25, 0.3) is 0 Å². The lowest BCUT2D eigenvalue weighted by Gasteiger charge is -2.08. The first-order valence-corrected chi connectivity index (χ1v) is 9.76.